The molecule has 6 rings (SSSR count). The third-order valence-corrected chi connectivity index (χ3v) is 9.89. The lowest BCUT2D eigenvalue weighted by atomic mass is 9.96. The van der Waals surface area contributed by atoms with Crippen LogP contribution < -0.4 is 5.32 Å². The lowest BCUT2D eigenvalue weighted by Crippen LogP contribution is -2.51. The number of halogens is 1. The molecule has 4 aromatic rings. The first-order valence-electron chi connectivity index (χ1n) is 17.5. The number of methoxy groups -OCH3 is 1. The van der Waals surface area contributed by atoms with E-state index in [4.69, 9.17) is 4.74 Å². The Balaban J connectivity index is 1.14. The van der Waals surface area contributed by atoms with Gasteiger partial charge in [-0.25, -0.2) is 29.1 Å². The molecule has 0 bridgehead atoms. The number of aromatic nitrogens is 6. The van der Waals surface area contributed by atoms with Crippen molar-refractivity contribution in [3.63, 3.8) is 0 Å². The SMILES string of the molecule is [CH2][C@H](C(=O)N1CCC[C@H]1c1ncc(-c2ccc(-c3ncc(-c4cnc([C@@H]5CCCN5C(=O)[C@@H](NC(=O)OC)C(C)C)[nH]4)cn3)cc2F)[nH]1)C(C)C. The molecule has 2 fully saturated rings. The average Bonchev–Trinajstić information content (AvgIpc) is 3.96. The van der Waals surface area contributed by atoms with E-state index >= 15 is 4.39 Å². The van der Waals surface area contributed by atoms with Gasteiger partial charge in [0.25, 0.3) is 0 Å². The van der Waals surface area contributed by atoms with Gasteiger partial charge in [-0.2, -0.15) is 0 Å². The molecule has 1 radical (unpaired) electrons. The van der Waals surface area contributed by atoms with Gasteiger partial charge in [0.15, 0.2) is 5.82 Å². The monoisotopic (exact) mass is 698 g/mol. The molecule has 3 amide bonds. The second-order valence-electron chi connectivity index (χ2n) is 13.9. The molecular weight excluding hydrogens is 653 g/mol. The van der Waals surface area contributed by atoms with Gasteiger partial charge in [0, 0.05) is 48.1 Å². The van der Waals surface area contributed by atoms with Gasteiger partial charge in [-0.15, -0.1) is 0 Å². The highest BCUT2D eigenvalue weighted by molar-refractivity contribution is 5.86. The summed E-state index contributed by atoms with van der Waals surface area (Å²) < 4.78 is 20.2. The number of alkyl carbamates (subject to hydrolysis) is 1. The number of nitrogens with zero attached hydrogens (tertiary/aromatic N) is 6. The number of nitrogens with one attached hydrogen (secondary N) is 3. The summed E-state index contributed by atoms with van der Waals surface area (Å²) in [6, 6.07) is 3.63. The van der Waals surface area contributed by atoms with Crippen LogP contribution in [0.15, 0.2) is 43.0 Å². The summed E-state index contributed by atoms with van der Waals surface area (Å²) in [7, 11) is 1.27. The van der Waals surface area contributed by atoms with Gasteiger partial charge < -0.3 is 29.8 Å². The predicted molar refractivity (Wildman–Crippen MR) is 188 cm³/mol. The maximum Gasteiger partial charge on any atom is 0.407 e. The zero-order chi connectivity index (χ0) is 36.4. The Labute approximate surface area is 296 Å². The fourth-order valence-corrected chi connectivity index (χ4v) is 6.79. The molecule has 0 saturated carbocycles. The van der Waals surface area contributed by atoms with Gasteiger partial charge >= 0.3 is 6.09 Å². The maximum atomic E-state index is 15.5. The van der Waals surface area contributed by atoms with Crippen molar-refractivity contribution < 1.29 is 23.5 Å². The second-order valence-corrected chi connectivity index (χ2v) is 13.9. The van der Waals surface area contributed by atoms with E-state index in [-0.39, 0.29) is 41.7 Å². The lowest BCUT2D eigenvalue weighted by molar-refractivity contribution is -0.136. The van der Waals surface area contributed by atoms with Crippen molar-refractivity contribution in [1.29, 1.82) is 0 Å². The molecule has 3 aromatic heterocycles. The molecule has 0 aliphatic carbocycles. The Hall–Kier alpha value is -5.14. The van der Waals surface area contributed by atoms with Crippen LogP contribution in [0.1, 0.15) is 77.1 Å². The van der Waals surface area contributed by atoms with Crippen molar-refractivity contribution in [2.24, 2.45) is 17.8 Å². The molecule has 51 heavy (non-hydrogen) atoms. The number of hydrogen-bond donors (Lipinski definition) is 3. The first-order valence-corrected chi connectivity index (χ1v) is 17.5. The van der Waals surface area contributed by atoms with Crippen LogP contribution in [0.25, 0.3) is 33.9 Å². The van der Waals surface area contributed by atoms with Crippen molar-refractivity contribution in [2.45, 2.75) is 71.5 Å². The topological polar surface area (TPSA) is 162 Å². The zero-order valence-corrected chi connectivity index (χ0v) is 29.6. The summed E-state index contributed by atoms with van der Waals surface area (Å²) in [5.41, 5.74) is 2.75. The van der Waals surface area contributed by atoms with Crippen molar-refractivity contribution in [3.05, 3.63) is 67.4 Å². The predicted octanol–water partition coefficient (Wildman–Crippen LogP) is 5.88. The van der Waals surface area contributed by atoms with E-state index in [0.717, 1.165) is 25.7 Å². The van der Waals surface area contributed by atoms with Gasteiger partial charge in [-0.1, -0.05) is 33.8 Å². The fraction of sp³-hybridized carbons (Fsp3) is 0.459. The largest absolute Gasteiger partial charge is 0.453 e. The summed E-state index contributed by atoms with van der Waals surface area (Å²) in [6.45, 7) is 13.0. The van der Waals surface area contributed by atoms with Gasteiger partial charge in [-0.05, 0) is 56.6 Å². The number of imidazole rings is 2. The van der Waals surface area contributed by atoms with Crippen LogP contribution in [-0.2, 0) is 14.3 Å². The molecule has 2 aliphatic heterocycles. The van der Waals surface area contributed by atoms with E-state index in [1.165, 1.54) is 13.2 Å². The minimum Gasteiger partial charge on any atom is -0.453 e. The normalized spacial score (nSPS) is 18.8. The zero-order valence-electron chi connectivity index (χ0n) is 29.6. The summed E-state index contributed by atoms with van der Waals surface area (Å²) >= 11 is 0. The molecule has 2 saturated heterocycles. The van der Waals surface area contributed by atoms with E-state index in [1.807, 2.05) is 32.6 Å². The van der Waals surface area contributed by atoms with E-state index in [2.05, 4.69) is 42.1 Å². The molecule has 14 heteroatoms. The highest BCUT2D eigenvalue weighted by Gasteiger charge is 2.38. The number of likely N-dealkylation sites (tertiary alicyclic amines) is 2. The minimum absolute atomic E-state index is 0.0126. The van der Waals surface area contributed by atoms with Crippen LogP contribution >= 0.6 is 0 Å². The maximum absolute atomic E-state index is 15.5. The molecule has 4 atom stereocenters. The minimum atomic E-state index is -0.722. The molecule has 0 unspecified atom stereocenters. The van der Waals surface area contributed by atoms with Crippen LogP contribution in [0.5, 0.6) is 0 Å². The first-order chi connectivity index (χ1) is 24.5. The smallest absolute Gasteiger partial charge is 0.407 e. The number of carbonyl (C=O) groups is 3. The molecule has 3 N–H and O–H groups in total. The number of rotatable bonds is 10. The van der Waals surface area contributed by atoms with Crippen molar-refractivity contribution in [2.75, 3.05) is 20.2 Å². The number of carbonyl (C=O) groups excluding carboxylic acids is 3. The number of amides is 3. The standard InChI is InChI=1S/C37H45FN9O4/c1-20(2)22(5)35(48)46-13-7-9-29(46)34-42-19-28(44-34)25-12-11-23(15-26(25)38)32-39-16-24(17-40-32)27-18-41-33(43-27)30-10-8-14-47(30)36(49)31(21(3)4)45-37(50)51-6/h11-12,15-22,29-31H,5,7-10,13-14H2,1-4,6H3,(H,41,43)(H,42,44)(H,45,50)/t22-,29-,30-,31-/m0/s1. The highest BCUT2D eigenvalue weighted by Crippen LogP contribution is 2.35. The van der Waals surface area contributed by atoms with Crippen LogP contribution in [-0.4, -0.2) is 83.9 Å². The lowest BCUT2D eigenvalue weighted by Gasteiger charge is -2.30. The van der Waals surface area contributed by atoms with Crippen LogP contribution in [0.4, 0.5) is 9.18 Å². The first kappa shape index (κ1) is 35.7. The Morgan fingerprint density at radius 2 is 1.43 bits per heavy atom. The second kappa shape index (κ2) is 15.0. The van der Waals surface area contributed by atoms with Crippen LogP contribution in [0.3, 0.4) is 0 Å². The van der Waals surface area contributed by atoms with Crippen molar-refractivity contribution >= 4 is 17.9 Å². The Bertz CT molecular complexity index is 1870. The molecule has 5 heterocycles. The number of hydrogen-bond acceptors (Lipinski definition) is 8. The average molecular weight is 699 g/mol. The van der Waals surface area contributed by atoms with Gasteiger partial charge in [0.1, 0.15) is 23.5 Å². The number of H-pyrrole nitrogens is 2. The van der Waals surface area contributed by atoms with Crippen molar-refractivity contribution in [3.8, 4) is 33.9 Å². The molecule has 13 nitrogen and oxygen atoms in total. The quantitative estimate of drug-likeness (QED) is 0.185. The fourth-order valence-electron chi connectivity index (χ4n) is 6.79. The van der Waals surface area contributed by atoms with Crippen molar-refractivity contribution in [1.82, 2.24) is 45.0 Å². The molecule has 269 valence electrons. The third kappa shape index (κ3) is 7.35. The highest BCUT2D eigenvalue weighted by atomic mass is 19.1. The number of benzene rings is 1. The summed E-state index contributed by atoms with van der Waals surface area (Å²) in [6.07, 6.45) is 9.10. The van der Waals surface area contributed by atoms with E-state index in [0.29, 0.717) is 58.6 Å². The van der Waals surface area contributed by atoms with Crippen LogP contribution in [0.2, 0.25) is 0 Å². The summed E-state index contributed by atoms with van der Waals surface area (Å²) in [5.74, 6) is 0.663. The third-order valence-electron chi connectivity index (χ3n) is 9.89. The summed E-state index contributed by atoms with van der Waals surface area (Å²) in [5, 5.41) is 2.66. The summed E-state index contributed by atoms with van der Waals surface area (Å²) in [4.78, 5) is 66.7. The number of ether oxygens (including phenoxy) is 1. The Morgan fingerprint density at radius 3 is 2.00 bits per heavy atom. The Kier molecular flexibility index (Phi) is 10.5. The molecule has 2 aliphatic rings. The van der Waals surface area contributed by atoms with E-state index < -0.39 is 18.0 Å². The van der Waals surface area contributed by atoms with Gasteiger partial charge in [0.05, 0.1) is 43.0 Å². The molecule has 0 spiro atoms. The molecule has 1 aromatic carbocycles. The Morgan fingerprint density at radius 1 is 0.843 bits per heavy atom. The number of aromatic amines is 2. The van der Waals surface area contributed by atoms with Gasteiger partial charge in [-0.3, -0.25) is 9.59 Å². The van der Waals surface area contributed by atoms with E-state index in [1.54, 1.807) is 41.8 Å². The van der Waals surface area contributed by atoms with Gasteiger partial charge in [0.2, 0.25) is 11.8 Å². The van der Waals surface area contributed by atoms with E-state index in [9.17, 15) is 14.4 Å². The van der Waals surface area contributed by atoms with Crippen LogP contribution in [0, 0.1) is 30.5 Å². The molecular formula is C37H45FN9O4.